The van der Waals surface area contributed by atoms with Crippen LogP contribution in [-0.2, 0) is 6.54 Å². The highest BCUT2D eigenvalue weighted by molar-refractivity contribution is 7.13. The molecule has 2 aromatic rings. The number of hydrogen-bond donors (Lipinski definition) is 2. The summed E-state index contributed by atoms with van der Waals surface area (Å²) in [5, 5.41) is 11.1. The second-order valence-electron chi connectivity index (χ2n) is 5.24. The Labute approximate surface area is 131 Å². The second kappa shape index (κ2) is 6.80. The van der Waals surface area contributed by atoms with Crippen LogP contribution in [0.3, 0.4) is 0 Å². The molecule has 3 rings (SSSR count). The molecular weight excluding hydrogens is 302 g/mol. The number of piperidine rings is 1. The molecule has 2 aromatic heterocycles. The molecule has 7 nitrogen and oxygen atoms in total. The van der Waals surface area contributed by atoms with E-state index in [1.165, 1.54) is 42.7 Å². The summed E-state index contributed by atoms with van der Waals surface area (Å²) in [6.45, 7) is 3.05. The summed E-state index contributed by atoms with van der Waals surface area (Å²) in [6, 6.07) is 2.65. The predicted octanol–water partition coefficient (Wildman–Crippen LogP) is 1.46. The number of rotatable bonds is 4. The zero-order valence-corrected chi connectivity index (χ0v) is 12.9. The third-order valence-electron chi connectivity index (χ3n) is 3.52. The van der Waals surface area contributed by atoms with Crippen molar-refractivity contribution in [2.45, 2.75) is 25.8 Å². The van der Waals surface area contributed by atoms with Gasteiger partial charge in [0.2, 0.25) is 0 Å². The van der Waals surface area contributed by atoms with Gasteiger partial charge in [0.1, 0.15) is 5.69 Å². The average Bonchev–Trinajstić information content (AvgIpc) is 2.96. The molecule has 0 spiro atoms. The molecule has 3 heterocycles. The third-order valence-corrected chi connectivity index (χ3v) is 4.32. The molecule has 1 fully saturated rings. The Bertz CT molecular complexity index is 685. The number of amides is 1. The lowest BCUT2D eigenvalue weighted by Gasteiger charge is -2.25. The number of H-pyrrole nitrogens is 1. The van der Waals surface area contributed by atoms with Gasteiger partial charge in [-0.25, -0.2) is 10.1 Å². The summed E-state index contributed by atoms with van der Waals surface area (Å²) in [7, 11) is 0. The summed E-state index contributed by atoms with van der Waals surface area (Å²) >= 11 is 1.39. The fourth-order valence-electron chi connectivity index (χ4n) is 2.42. The van der Waals surface area contributed by atoms with Crippen LogP contribution in [0.1, 0.15) is 35.4 Å². The van der Waals surface area contributed by atoms with E-state index in [4.69, 9.17) is 0 Å². The van der Waals surface area contributed by atoms with Crippen molar-refractivity contribution in [2.75, 3.05) is 18.4 Å². The van der Waals surface area contributed by atoms with Crippen molar-refractivity contribution < 1.29 is 4.79 Å². The van der Waals surface area contributed by atoms with Crippen molar-refractivity contribution >= 4 is 22.4 Å². The standard InChI is InChI=1S/C14H17N5O2S/c20-12-5-4-11(17-18-12)13(21)16-14-15-10(9-22-14)8-19-6-2-1-3-7-19/h4-5,9H,1-3,6-8H2,(H,18,20)(H,15,16,21). The maximum Gasteiger partial charge on any atom is 0.277 e. The zero-order valence-electron chi connectivity index (χ0n) is 12.0. The molecule has 0 unspecified atom stereocenters. The van der Waals surface area contributed by atoms with E-state index in [2.05, 4.69) is 25.4 Å². The van der Waals surface area contributed by atoms with Crippen molar-refractivity contribution in [3.63, 3.8) is 0 Å². The van der Waals surface area contributed by atoms with Gasteiger partial charge in [-0.1, -0.05) is 6.42 Å². The largest absolute Gasteiger partial charge is 0.297 e. The van der Waals surface area contributed by atoms with Crippen molar-refractivity contribution in [1.29, 1.82) is 0 Å². The Morgan fingerprint density at radius 1 is 1.32 bits per heavy atom. The maximum absolute atomic E-state index is 12.0. The molecule has 0 radical (unpaired) electrons. The quantitative estimate of drug-likeness (QED) is 0.890. The topological polar surface area (TPSA) is 91.0 Å². The summed E-state index contributed by atoms with van der Waals surface area (Å²) in [4.78, 5) is 29.7. The summed E-state index contributed by atoms with van der Waals surface area (Å²) in [5.41, 5.74) is 0.790. The molecule has 1 aliphatic rings. The highest BCUT2D eigenvalue weighted by atomic mass is 32.1. The van der Waals surface area contributed by atoms with Crippen LogP contribution in [0.15, 0.2) is 22.3 Å². The van der Waals surface area contributed by atoms with Gasteiger partial charge in [0.05, 0.1) is 5.69 Å². The Morgan fingerprint density at radius 3 is 2.86 bits per heavy atom. The third kappa shape index (κ3) is 3.77. The Morgan fingerprint density at radius 2 is 2.14 bits per heavy atom. The highest BCUT2D eigenvalue weighted by Gasteiger charge is 2.14. The van der Waals surface area contributed by atoms with E-state index in [1.807, 2.05) is 5.38 Å². The van der Waals surface area contributed by atoms with E-state index >= 15 is 0 Å². The number of thiazole rings is 1. The van der Waals surface area contributed by atoms with Gasteiger partial charge in [-0.15, -0.1) is 11.3 Å². The Balaban J connectivity index is 1.60. The van der Waals surface area contributed by atoms with Gasteiger partial charge in [-0.05, 0) is 32.0 Å². The minimum Gasteiger partial charge on any atom is -0.297 e. The van der Waals surface area contributed by atoms with Crippen molar-refractivity contribution in [2.24, 2.45) is 0 Å². The van der Waals surface area contributed by atoms with Crippen molar-refractivity contribution in [1.82, 2.24) is 20.1 Å². The first-order valence-electron chi connectivity index (χ1n) is 7.24. The molecule has 0 aromatic carbocycles. The van der Waals surface area contributed by atoms with E-state index in [9.17, 15) is 9.59 Å². The molecule has 22 heavy (non-hydrogen) atoms. The number of carbonyl (C=O) groups is 1. The van der Waals surface area contributed by atoms with Crippen LogP contribution in [-0.4, -0.2) is 39.1 Å². The fraction of sp³-hybridized carbons (Fsp3) is 0.429. The van der Waals surface area contributed by atoms with Crippen LogP contribution in [0, 0.1) is 0 Å². The van der Waals surface area contributed by atoms with Crippen LogP contribution in [0.4, 0.5) is 5.13 Å². The minimum absolute atomic E-state index is 0.160. The lowest BCUT2D eigenvalue weighted by atomic mass is 10.1. The van der Waals surface area contributed by atoms with E-state index in [0.29, 0.717) is 5.13 Å². The van der Waals surface area contributed by atoms with E-state index < -0.39 is 0 Å². The smallest absolute Gasteiger partial charge is 0.277 e. The Kier molecular flexibility index (Phi) is 4.59. The fourth-order valence-corrected chi connectivity index (χ4v) is 3.11. The summed E-state index contributed by atoms with van der Waals surface area (Å²) in [5.74, 6) is -0.380. The van der Waals surface area contributed by atoms with E-state index in [0.717, 1.165) is 25.3 Å². The number of likely N-dealkylation sites (tertiary alicyclic amines) is 1. The van der Waals surface area contributed by atoms with Crippen molar-refractivity contribution in [3.05, 3.63) is 39.3 Å². The van der Waals surface area contributed by atoms with Gasteiger partial charge in [-0.3, -0.25) is 19.8 Å². The molecule has 0 bridgehead atoms. The van der Waals surface area contributed by atoms with Crippen LogP contribution < -0.4 is 10.9 Å². The number of hydrogen-bond acceptors (Lipinski definition) is 6. The molecule has 1 amide bonds. The number of aromatic amines is 1. The van der Waals surface area contributed by atoms with Crippen LogP contribution in [0.5, 0.6) is 0 Å². The van der Waals surface area contributed by atoms with Crippen molar-refractivity contribution in [3.8, 4) is 0 Å². The van der Waals surface area contributed by atoms with Gasteiger partial charge in [0.15, 0.2) is 5.13 Å². The van der Waals surface area contributed by atoms with E-state index in [-0.39, 0.29) is 17.2 Å². The number of anilines is 1. The minimum atomic E-state index is -0.380. The predicted molar refractivity (Wildman–Crippen MR) is 84.1 cm³/mol. The molecule has 1 aliphatic heterocycles. The van der Waals surface area contributed by atoms with Gasteiger partial charge in [0.25, 0.3) is 11.5 Å². The lowest BCUT2D eigenvalue weighted by Crippen LogP contribution is -2.29. The van der Waals surface area contributed by atoms with Gasteiger partial charge in [-0.2, -0.15) is 5.10 Å². The number of nitrogens with one attached hydrogen (secondary N) is 2. The number of carbonyl (C=O) groups excluding carboxylic acids is 1. The molecular formula is C14H17N5O2S. The molecule has 116 valence electrons. The Hall–Kier alpha value is -2.06. The normalized spacial score (nSPS) is 15.6. The maximum atomic E-state index is 12.0. The summed E-state index contributed by atoms with van der Waals surface area (Å²) < 4.78 is 0. The van der Waals surface area contributed by atoms with Gasteiger partial charge < -0.3 is 0 Å². The zero-order chi connectivity index (χ0) is 15.4. The van der Waals surface area contributed by atoms with E-state index in [1.54, 1.807) is 0 Å². The summed E-state index contributed by atoms with van der Waals surface area (Å²) in [6.07, 6.45) is 3.79. The first-order valence-corrected chi connectivity index (χ1v) is 8.12. The molecule has 2 N–H and O–H groups in total. The molecule has 0 aliphatic carbocycles. The first kappa shape index (κ1) is 14.9. The number of aromatic nitrogens is 3. The van der Waals surface area contributed by atoms with Gasteiger partial charge in [0, 0.05) is 18.0 Å². The van der Waals surface area contributed by atoms with Crippen LogP contribution in [0.25, 0.3) is 0 Å². The SMILES string of the molecule is O=C(Nc1nc(CN2CCCCC2)cs1)c1ccc(=O)[nH]n1. The van der Waals surface area contributed by atoms with Crippen LogP contribution in [0.2, 0.25) is 0 Å². The monoisotopic (exact) mass is 319 g/mol. The first-order chi connectivity index (χ1) is 10.7. The van der Waals surface area contributed by atoms with Gasteiger partial charge >= 0.3 is 0 Å². The molecule has 8 heteroatoms. The molecule has 0 atom stereocenters. The number of nitrogens with zero attached hydrogens (tertiary/aromatic N) is 3. The molecule has 1 saturated heterocycles. The molecule has 0 saturated carbocycles. The lowest BCUT2D eigenvalue weighted by molar-refractivity contribution is 0.102. The van der Waals surface area contributed by atoms with Crippen LogP contribution >= 0.6 is 11.3 Å². The second-order valence-corrected chi connectivity index (χ2v) is 6.10. The average molecular weight is 319 g/mol. The highest BCUT2D eigenvalue weighted by Crippen LogP contribution is 2.19.